The zero-order chi connectivity index (χ0) is 14.5. The van der Waals surface area contributed by atoms with E-state index in [4.69, 9.17) is 4.74 Å². The van der Waals surface area contributed by atoms with Crippen molar-refractivity contribution in [2.45, 2.75) is 33.1 Å². The zero-order valence-electron chi connectivity index (χ0n) is 11.9. The van der Waals surface area contributed by atoms with Gasteiger partial charge in [0.05, 0.1) is 11.1 Å². The molecule has 0 fully saturated rings. The summed E-state index contributed by atoms with van der Waals surface area (Å²) < 4.78 is 6.49. The third-order valence-corrected chi connectivity index (χ3v) is 3.61. The lowest BCUT2D eigenvalue weighted by Crippen LogP contribution is -2.06. The highest BCUT2D eigenvalue weighted by Gasteiger charge is 2.09. The van der Waals surface area contributed by atoms with E-state index in [9.17, 15) is 0 Å². The van der Waals surface area contributed by atoms with Gasteiger partial charge in [0.2, 0.25) is 5.88 Å². The Hall–Kier alpha value is -1.49. The summed E-state index contributed by atoms with van der Waals surface area (Å²) in [7, 11) is 0. The van der Waals surface area contributed by atoms with Gasteiger partial charge >= 0.3 is 0 Å². The Morgan fingerprint density at radius 3 is 2.70 bits per heavy atom. The summed E-state index contributed by atoms with van der Waals surface area (Å²) in [5.41, 5.74) is 2.27. The maximum absolute atomic E-state index is 5.71. The van der Waals surface area contributed by atoms with Crippen LogP contribution in [-0.4, -0.2) is 21.6 Å². The number of aryl methyl sites for hydroxylation is 2. The summed E-state index contributed by atoms with van der Waals surface area (Å²) in [5.74, 6) is 1.66. The number of halogens is 1. The van der Waals surface area contributed by atoms with Crippen molar-refractivity contribution < 1.29 is 4.74 Å². The van der Waals surface area contributed by atoms with Gasteiger partial charge < -0.3 is 4.74 Å². The normalized spacial score (nSPS) is 12.2. The molecule has 0 saturated carbocycles. The van der Waals surface area contributed by atoms with Gasteiger partial charge in [0.25, 0.3) is 0 Å². The van der Waals surface area contributed by atoms with E-state index < -0.39 is 0 Å². The molecule has 2 aromatic heterocycles. The van der Waals surface area contributed by atoms with Crippen LogP contribution >= 0.6 is 15.9 Å². The summed E-state index contributed by atoms with van der Waals surface area (Å²) in [6.07, 6.45) is 4.51. The molecule has 4 nitrogen and oxygen atoms in total. The van der Waals surface area contributed by atoms with Gasteiger partial charge in [-0.1, -0.05) is 13.0 Å². The van der Waals surface area contributed by atoms with Crippen molar-refractivity contribution in [2.75, 3.05) is 6.61 Å². The summed E-state index contributed by atoms with van der Waals surface area (Å²) >= 11 is 3.39. The van der Waals surface area contributed by atoms with E-state index in [1.807, 2.05) is 20.0 Å². The fourth-order valence-electron chi connectivity index (χ4n) is 1.79. The first kappa shape index (κ1) is 14.9. The molecule has 2 rings (SSSR count). The lowest BCUT2D eigenvalue weighted by Gasteiger charge is -2.12. The average molecular weight is 336 g/mol. The van der Waals surface area contributed by atoms with Crippen molar-refractivity contribution in [3.8, 4) is 5.88 Å². The second-order valence-corrected chi connectivity index (χ2v) is 5.72. The van der Waals surface area contributed by atoms with E-state index in [0.717, 1.165) is 16.6 Å². The van der Waals surface area contributed by atoms with Crippen LogP contribution < -0.4 is 4.74 Å². The van der Waals surface area contributed by atoms with Crippen molar-refractivity contribution >= 4 is 15.9 Å². The van der Waals surface area contributed by atoms with Gasteiger partial charge in [-0.2, -0.15) is 4.98 Å². The van der Waals surface area contributed by atoms with E-state index >= 15 is 0 Å². The van der Waals surface area contributed by atoms with Crippen LogP contribution in [0.25, 0.3) is 0 Å². The van der Waals surface area contributed by atoms with E-state index in [2.05, 4.69) is 49.9 Å². The minimum atomic E-state index is 0.359. The van der Waals surface area contributed by atoms with Crippen LogP contribution in [0.3, 0.4) is 0 Å². The first-order valence-electron chi connectivity index (χ1n) is 6.60. The highest BCUT2D eigenvalue weighted by molar-refractivity contribution is 9.10. The Morgan fingerprint density at radius 1 is 1.20 bits per heavy atom. The molecule has 1 unspecified atom stereocenters. The van der Waals surface area contributed by atoms with E-state index in [1.165, 1.54) is 5.56 Å². The topological polar surface area (TPSA) is 47.9 Å². The summed E-state index contributed by atoms with van der Waals surface area (Å²) in [6, 6.07) is 4.16. The first-order valence-corrected chi connectivity index (χ1v) is 7.40. The monoisotopic (exact) mass is 335 g/mol. The highest BCUT2D eigenvalue weighted by atomic mass is 79.9. The Labute approximate surface area is 127 Å². The molecule has 1 atom stereocenters. The average Bonchev–Trinajstić information content (AvgIpc) is 2.43. The second kappa shape index (κ2) is 6.79. The third-order valence-electron chi connectivity index (χ3n) is 3.06. The van der Waals surface area contributed by atoms with Gasteiger partial charge in [-0.05, 0) is 47.8 Å². The summed E-state index contributed by atoms with van der Waals surface area (Å²) in [4.78, 5) is 12.8. The Balaban J connectivity index is 1.89. The Bertz CT molecular complexity index is 572. The molecule has 0 radical (unpaired) electrons. The number of aromatic nitrogens is 3. The van der Waals surface area contributed by atoms with Crippen LogP contribution in [0.1, 0.15) is 36.3 Å². The largest absolute Gasteiger partial charge is 0.477 e. The van der Waals surface area contributed by atoms with Gasteiger partial charge in [-0.3, -0.25) is 4.98 Å². The molecule has 20 heavy (non-hydrogen) atoms. The second-order valence-electron chi connectivity index (χ2n) is 4.87. The minimum absolute atomic E-state index is 0.359. The van der Waals surface area contributed by atoms with Crippen LogP contribution in [0.5, 0.6) is 5.88 Å². The lowest BCUT2D eigenvalue weighted by atomic mass is 10.0. The molecule has 0 aliphatic rings. The van der Waals surface area contributed by atoms with Crippen molar-refractivity contribution in [1.29, 1.82) is 0 Å². The van der Waals surface area contributed by atoms with Crippen LogP contribution in [-0.2, 0) is 0 Å². The predicted molar refractivity (Wildman–Crippen MR) is 82.0 cm³/mol. The van der Waals surface area contributed by atoms with Crippen LogP contribution in [0, 0.1) is 13.8 Å². The smallest absolute Gasteiger partial charge is 0.231 e. The SMILES string of the molecule is Cc1ccc(C(C)CCOc2nc(C)ncc2Br)nc1. The number of hydrogen-bond acceptors (Lipinski definition) is 4. The summed E-state index contributed by atoms with van der Waals surface area (Å²) in [5, 5.41) is 0. The molecular formula is C15H18BrN3O. The zero-order valence-corrected chi connectivity index (χ0v) is 13.5. The van der Waals surface area contributed by atoms with Gasteiger partial charge in [0.1, 0.15) is 5.82 Å². The van der Waals surface area contributed by atoms with E-state index in [1.54, 1.807) is 6.20 Å². The maximum atomic E-state index is 5.71. The molecule has 2 heterocycles. The Morgan fingerprint density at radius 2 is 2.00 bits per heavy atom. The molecule has 0 aromatic carbocycles. The van der Waals surface area contributed by atoms with Crippen molar-refractivity contribution in [2.24, 2.45) is 0 Å². The molecule has 0 amide bonds. The van der Waals surface area contributed by atoms with Crippen molar-refractivity contribution in [1.82, 2.24) is 15.0 Å². The highest BCUT2D eigenvalue weighted by Crippen LogP contribution is 2.22. The first-order chi connectivity index (χ1) is 9.56. The van der Waals surface area contributed by atoms with Crippen molar-refractivity contribution in [3.63, 3.8) is 0 Å². The summed E-state index contributed by atoms with van der Waals surface area (Å²) in [6.45, 7) is 6.64. The molecule has 0 N–H and O–H groups in total. The fourth-order valence-corrected chi connectivity index (χ4v) is 2.09. The third kappa shape index (κ3) is 4.00. The molecule has 0 spiro atoms. The molecule has 0 bridgehead atoms. The lowest BCUT2D eigenvalue weighted by molar-refractivity contribution is 0.286. The molecule has 5 heteroatoms. The number of ether oxygens (including phenoxy) is 1. The number of rotatable bonds is 5. The maximum Gasteiger partial charge on any atom is 0.231 e. The number of hydrogen-bond donors (Lipinski definition) is 0. The van der Waals surface area contributed by atoms with Crippen LogP contribution in [0.4, 0.5) is 0 Å². The van der Waals surface area contributed by atoms with E-state index in [0.29, 0.717) is 24.2 Å². The molecule has 106 valence electrons. The van der Waals surface area contributed by atoms with E-state index in [-0.39, 0.29) is 0 Å². The minimum Gasteiger partial charge on any atom is -0.477 e. The Kier molecular flexibility index (Phi) is 5.06. The molecule has 0 aliphatic carbocycles. The quantitative estimate of drug-likeness (QED) is 0.833. The van der Waals surface area contributed by atoms with Gasteiger partial charge in [0, 0.05) is 24.0 Å². The standard InChI is InChI=1S/C15H18BrN3O/c1-10-4-5-14(18-8-10)11(2)6-7-20-15-13(16)9-17-12(3)19-15/h4-5,8-9,11H,6-7H2,1-3H3. The van der Waals surface area contributed by atoms with Gasteiger partial charge in [-0.25, -0.2) is 4.98 Å². The predicted octanol–water partition coefficient (Wildman–Crippen LogP) is 3.82. The van der Waals surface area contributed by atoms with Crippen LogP contribution in [0.2, 0.25) is 0 Å². The molecule has 0 saturated heterocycles. The van der Waals surface area contributed by atoms with Crippen molar-refractivity contribution in [3.05, 3.63) is 46.1 Å². The van der Waals surface area contributed by atoms with Crippen LogP contribution in [0.15, 0.2) is 29.0 Å². The van der Waals surface area contributed by atoms with Gasteiger partial charge in [-0.15, -0.1) is 0 Å². The molecule has 0 aliphatic heterocycles. The molecular weight excluding hydrogens is 318 g/mol. The number of pyridine rings is 1. The van der Waals surface area contributed by atoms with Gasteiger partial charge in [0.15, 0.2) is 0 Å². The molecule has 2 aromatic rings. The fraction of sp³-hybridized carbons (Fsp3) is 0.400. The number of nitrogens with zero attached hydrogens (tertiary/aromatic N) is 3.